The van der Waals surface area contributed by atoms with Crippen LogP contribution < -0.4 is 4.72 Å². The number of hydrogen-bond donors (Lipinski definition) is 1. The zero-order valence-electron chi connectivity index (χ0n) is 17.5. The Hall–Kier alpha value is -2.14. The third kappa shape index (κ3) is 10.3. The summed E-state index contributed by atoms with van der Waals surface area (Å²) < 4.78 is 26.3. The first-order valence-corrected chi connectivity index (χ1v) is 11.2. The van der Waals surface area contributed by atoms with Crippen molar-refractivity contribution in [1.82, 2.24) is 4.72 Å². The zero-order chi connectivity index (χ0) is 21.0. The summed E-state index contributed by atoms with van der Waals surface area (Å²) in [5, 5.41) is 0. The van der Waals surface area contributed by atoms with Gasteiger partial charge in [0.2, 0.25) is 5.91 Å². The van der Waals surface area contributed by atoms with E-state index in [1.807, 2.05) is 13.0 Å². The second-order valence-electron chi connectivity index (χ2n) is 7.34. The van der Waals surface area contributed by atoms with E-state index in [9.17, 15) is 13.2 Å². The molecular formula is C23H33NO3S. The van der Waals surface area contributed by atoms with E-state index >= 15 is 0 Å². The van der Waals surface area contributed by atoms with E-state index < -0.39 is 15.9 Å². The standard InChI is InChI=1S/C23H33NO3S/c1-19(2)11-8-12-20(3)13-9-14-21(4)15-10-18-23(25)24-28(26,27)22-16-6-5-7-17-22/h5-7,11,13,15-17H,8-10,12,14,18H2,1-4H3,(H,24,25)/b20-13+,21-15+. The van der Waals surface area contributed by atoms with Gasteiger partial charge in [0.15, 0.2) is 0 Å². The highest BCUT2D eigenvalue weighted by Crippen LogP contribution is 2.12. The molecule has 0 saturated carbocycles. The summed E-state index contributed by atoms with van der Waals surface area (Å²) in [6.07, 6.45) is 11.3. The molecule has 0 aliphatic heterocycles. The van der Waals surface area contributed by atoms with Crippen LogP contribution in [0.3, 0.4) is 0 Å². The van der Waals surface area contributed by atoms with Crippen LogP contribution in [0.15, 0.2) is 70.2 Å². The molecule has 1 rings (SSSR count). The van der Waals surface area contributed by atoms with Crippen molar-refractivity contribution >= 4 is 15.9 Å². The first kappa shape index (κ1) is 23.9. The summed E-state index contributed by atoms with van der Waals surface area (Å²) in [7, 11) is -3.78. The summed E-state index contributed by atoms with van der Waals surface area (Å²) in [4.78, 5) is 12.0. The van der Waals surface area contributed by atoms with Crippen LogP contribution in [-0.2, 0) is 14.8 Å². The molecule has 28 heavy (non-hydrogen) atoms. The molecule has 0 spiro atoms. The fourth-order valence-corrected chi connectivity index (χ4v) is 3.68. The number of benzene rings is 1. The maximum atomic E-state index is 12.1. The molecule has 1 amide bonds. The lowest BCUT2D eigenvalue weighted by Gasteiger charge is -2.06. The predicted molar refractivity (Wildman–Crippen MR) is 116 cm³/mol. The van der Waals surface area contributed by atoms with Crippen molar-refractivity contribution in [2.24, 2.45) is 0 Å². The second-order valence-corrected chi connectivity index (χ2v) is 9.02. The predicted octanol–water partition coefficient (Wildman–Crippen LogP) is 5.69. The Morgan fingerprint density at radius 1 is 0.821 bits per heavy atom. The number of allylic oxidation sites excluding steroid dienone is 6. The van der Waals surface area contributed by atoms with Gasteiger partial charge in [-0.25, -0.2) is 13.1 Å². The smallest absolute Gasteiger partial charge is 0.264 e. The molecule has 0 unspecified atom stereocenters. The highest BCUT2D eigenvalue weighted by Gasteiger charge is 2.16. The molecular weight excluding hydrogens is 370 g/mol. The first-order chi connectivity index (χ1) is 13.2. The van der Waals surface area contributed by atoms with Gasteiger partial charge in [0.05, 0.1) is 4.90 Å². The molecule has 1 N–H and O–H groups in total. The van der Waals surface area contributed by atoms with Gasteiger partial charge in [0, 0.05) is 6.42 Å². The molecule has 0 radical (unpaired) electrons. The fraction of sp³-hybridized carbons (Fsp3) is 0.435. The summed E-state index contributed by atoms with van der Waals surface area (Å²) in [6, 6.07) is 7.92. The molecule has 0 heterocycles. The fourth-order valence-electron chi connectivity index (χ4n) is 2.65. The molecule has 1 aromatic rings. The number of nitrogens with one attached hydrogen (secondary N) is 1. The SMILES string of the molecule is CC(C)=CCC/C(C)=C/CC/C(C)=C/CCC(=O)NS(=O)(=O)c1ccccc1. The summed E-state index contributed by atoms with van der Waals surface area (Å²) in [5.41, 5.74) is 3.97. The first-order valence-electron chi connectivity index (χ1n) is 9.76. The van der Waals surface area contributed by atoms with Gasteiger partial charge in [-0.2, -0.15) is 0 Å². The van der Waals surface area contributed by atoms with Crippen molar-refractivity contribution in [1.29, 1.82) is 0 Å². The Labute approximate surface area is 170 Å². The Morgan fingerprint density at radius 3 is 1.86 bits per heavy atom. The molecule has 4 nitrogen and oxygen atoms in total. The monoisotopic (exact) mass is 403 g/mol. The van der Waals surface area contributed by atoms with Gasteiger partial charge in [0.25, 0.3) is 10.0 Å². The van der Waals surface area contributed by atoms with Crippen molar-refractivity contribution in [3.63, 3.8) is 0 Å². The van der Waals surface area contributed by atoms with Gasteiger partial charge in [-0.15, -0.1) is 0 Å². The maximum Gasteiger partial charge on any atom is 0.264 e. The number of amides is 1. The lowest BCUT2D eigenvalue weighted by molar-refractivity contribution is -0.119. The third-order valence-corrected chi connectivity index (χ3v) is 5.68. The topological polar surface area (TPSA) is 63.2 Å². The van der Waals surface area contributed by atoms with Crippen LogP contribution in [0, 0.1) is 0 Å². The van der Waals surface area contributed by atoms with Gasteiger partial charge in [-0.1, -0.05) is 53.1 Å². The highest BCUT2D eigenvalue weighted by atomic mass is 32.2. The van der Waals surface area contributed by atoms with Gasteiger partial charge >= 0.3 is 0 Å². The molecule has 0 aliphatic rings. The molecule has 0 saturated heterocycles. The van der Waals surface area contributed by atoms with Crippen molar-refractivity contribution in [2.45, 2.75) is 71.1 Å². The van der Waals surface area contributed by atoms with E-state index in [4.69, 9.17) is 0 Å². The van der Waals surface area contributed by atoms with E-state index in [0.717, 1.165) is 25.7 Å². The van der Waals surface area contributed by atoms with Crippen LogP contribution in [0.4, 0.5) is 0 Å². The van der Waals surface area contributed by atoms with Crippen LogP contribution >= 0.6 is 0 Å². The molecule has 154 valence electrons. The summed E-state index contributed by atoms with van der Waals surface area (Å²) in [6.45, 7) is 8.44. The normalized spacial score (nSPS) is 12.6. The number of sulfonamides is 1. The Bertz CT molecular complexity index is 815. The number of carbonyl (C=O) groups excluding carboxylic acids is 1. The Balaban J connectivity index is 2.35. The Kier molecular flexibility index (Phi) is 10.5. The van der Waals surface area contributed by atoms with Crippen molar-refractivity contribution in [3.8, 4) is 0 Å². The molecule has 1 aromatic carbocycles. The van der Waals surface area contributed by atoms with Gasteiger partial charge in [-0.05, 0) is 71.9 Å². The highest BCUT2D eigenvalue weighted by molar-refractivity contribution is 7.90. The lowest BCUT2D eigenvalue weighted by atomic mass is 10.1. The van der Waals surface area contributed by atoms with E-state index in [2.05, 4.69) is 37.6 Å². The molecule has 0 bridgehead atoms. The molecule has 0 aromatic heterocycles. The minimum absolute atomic E-state index is 0.0989. The molecule has 0 atom stereocenters. The molecule has 0 aliphatic carbocycles. The minimum atomic E-state index is -3.78. The van der Waals surface area contributed by atoms with Crippen LogP contribution in [0.25, 0.3) is 0 Å². The van der Waals surface area contributed by atoms with E-state index in [-0.39, 0.29) is 11.3 Å². The summed E-state index contributed by atoms with van der Waals surface area (Å²) >= 11 is 0. The third-order valence-electron chi connectivity index (χ3n) is 4.29. The Morgan fingerprint density at radius 2 is 1.32 bits per heavy atom. The molecule has 5 heteroatoms. The number of hydrogen-bond acceptors (Lipinski definition) is 3. The van der Waals surface area contributed by atoms with Crippen molar-refractivity contribution in [2.75, 3.05) is 0 Å². The van der Waals surface area contributed by atoms with Crippen molar-refractivity contribution < 1.29 is 13.2 Å². The second kappa shape index (κ2) is 12.3. The van der Waals surface area contributed by atoms with E-state index in [0.29, 0.717) is 6.42 Å². The summed E-state index contributed by atoms with van der Waals surface area (Å²) in [5.74, 6) is -0.483. The molecule has 0 fully saturated rings. The lowest BCUT2D eigenvalue weighted by Crippen LogP contribution is -2.30. The number of carbonyl (C=O) groups is 1. The number of rotatable bonds is 11. The van der Waals surface area contributed by atoms with Crippen LogP contribution in [0.2, 0.25) is 0 Å². The average molecular weight is 404 g/mol. The van der Waals surface area contributed by atoms with Crippen LogP contribution in [0.1, 0.15) is 66.2 Å². The van der Waals surface area contributed by atoms with Gasteiger partial charge < -0.3 is 0 Å². The zero-order valence-corrected chi connectivity index (χ0v) is 18.3. The maximum absolute atomic E-state index is 12.1. The van der Waals surface area contributed by atoms with Gasteiger partial charge in [0.1, 0.15) is 0 Å². The van der Waals surface area contributed by atoms with Crippen LogP contribution in [0.5, 0.6) is 0 Å². The minimum Gasteiger partial charge on any atom is -0.274 e. The largest absolute Gasteiger partial charge is 0.274 e. The van der Waals surface area contributed by atoms with Crippen LogP contribution in [-0.4, -0.2) is 14.3 Å². The van der Waals surface area contributed by atoms with E-state index in [1.54, 1.807) is 18.2 Å². The van der Waals surface area contributed by atoms with E-state index in [1.165, 1.54) is 28.9 Å². The van der Waals surface area contributed by atoms with Gasteiger partial charge in [-0.3, -0.25) is 4.79 Å². The van der Waals surface area contributed by atoms with Crippen molar-refractivity contribution in [3.05, 3.63) is 65.3 Å². The average Bonchev–Trinajstić information content (AvgIpc) is 2.61. The quantitative estimate of drug-likeness (QED) is 0.483.